The van der Waals surface area contributed by atoms with Gasteiger partial charge in [-0.1, -0.05) is 37.6 Å². The largest absolute Gasteiger partial charge is 0.345 e. The van der Waals surface area contributed by atoms with Crippen molar-refractivity contribution in [3.8, 4) is 0 Å². The highest BCUT2D eigenvalue weighted by Gasteiger charge is 2.36. The molecule has 1 aromatic rings. The summed E-state index contributed by atoms with van der Waals surface area (Å²) in [6.07, 6.45) is 0. The summed E-state index contributed by atoms with van der Waals surface area (Å²) in [5.41, 5.74) is 0.500. The van der Waals surface area contributed by atoms with Gasteiger partial charge >= 0.3 is 0 Å². The summed E-state index contributed by atoms with van der Waals surface area (Å²) < 4.78 is 13.4. The second-order valence-electron chi connectivity index (χ2n) is 5.14. The maximum Gasteiger partial charge on any atom is 0.243 e. The number of nitrogens with zero attached hydrogens (tertiary/aromatic N) is 1. The number of piperazine rings is 1. The van der Waals surface area contributed by atoms with Crippen LogP contribution in [0.3, 0.4) is 0 Å². The van der Waals surface area contributed by atoms with Crippen molar-refractivity contribution < 1.29 is 14.0 Å². The van der Waals surface area contributed by atoms with Crippen molar-refractivity contribution >= 4 is 23.4 Å². The molecule has 1 heterocycles. The molecule has 108 valence electrons. The van der Waals surface area contributed by atoms with E-state index in [9.17, 15) is 14.0 Å². The van der Waals surface area contributed by atoms with Crippen molar-refractivity contribution in [3.63, 3.8) is 0 Å². The van der Waals surface area contributed by atoms with E-state index in [0.717, 1.165) is 0 Å². The Labute approximate surface area is 121 Å². The fourth-order valence-corrected chi connectivity index (χ4v) is 2.55. The van der Waals surface area contributed by atoms with E-state index < -0.39 is 11.9 Å². The van der Waals surface area contributed by atoms with Gasteiger partial charge in [0.2, 0.25) is 11.8 Å². The molecule has 1 N–H and O–H groups in total. The van der Waals surface area contributed by atoms with Crippen molar-refractivity contribution in [1.29, 1.82) is 0 Å². The van der Waals surface area contributed by atoms with Gasteiger partial charge in [0.05, 0.1) is 11.6 Å². The van der Waals surface area contributed by atoms with E-state index in [2.05, 4.69) is 5.32 Å². The number of amides is 2. The zero-order valence-electron chi connectivity index (χ0n) is 11.3. The van der Waals surface area contributed by atoms with Gasteiger partial charge in [-0.15, -0.1) is 0 Å². The van der Waals surface area contributed by atoms with Crippen LogP contribution < -0.4 is 5.32 Å². The Morgan fingerprint density at radius 3 is 2.80 bits per heavy atom. The number of hydrogen-bond donors (Lipinski definition) is 1. The van der Waals surface area contributed by atoms with Crippen molar-refractivity contribution in [1.82, 2.24) is 10.2 Å². The minimum absolute atomic E-state index is 0.00575. The topological polar surface area (TPSA) is 49.4 Å². The maximum absolute atomic E-state index is 13.4. The van der Waals surface area contributed by atoms with Gasteiger partial charge in [0.15, 0.2) is 0 Å². The van der Waals surface area contributed by atoms with Crippen LogP contribution in [0.2, 0.25) is 5.02 Å². The lowest BCUT2D eigenvalue weighted by molar-refractivity contribution is -0.148. The highest BCUT2D eigenvalue weighted by atomic mass is 35.5. The van der Waals surface area contributed by atoms with Crippen LogP contribution in [0.5, 0.6) is 0 Å². The summed E-state index contributed by atoms with van der Waals surface area (Å²) in [6.45, 7) is 3.83. The molecule has 1 saturated heterocycles. The van der Waals surface area contributed by atoms with Crippen molar-refractivity contribution in [3.05, 3.63) is 34.6 Å². The van der Waals surface area contributed by atoms with Crippen LogP contribution in [0.25, 0.3) is 0 Å². The van der Waals surface area contributed by atoms with Crippen LogP contribution in [0.1, 0.15) is 19.4 Å². The maximum atomic E-state index is 13.4. The van der Waals surface area contributed by atoms with Crippen LogP contribution in [0, 0.1) is 11.7 Å². The van der Waals surface area contributed by atoms with E-state index in [4.69, 9.17) is 11.6 Å². The summed E-state index contributed by atoms with van der Waals surface area (Å²) in [6, 6.07) is 3.89. The van der Waals surface area contributed by atoms with Crippen molar-refractivity contribution in [2.24, 2.45) is 5.92 Å². The molecule has 1 atom stereocenters. The van der Waals surface area contributed by atoms with Gasteiger partial charge in [0.25, 0.3) is 0 Å². The Morgan fingerprint density at radius 2 is 2.15 bits per heavy atom. The first-order valence-electron chi connectivity index (χ1n) is 6.42. The average Bonchev–Trinajstić information content (AvgIpc) is 2.38. The molecule has 0 saturated carbocycles. The zero-order valence-corrected chi connectivity index (χ0v) is 12.1. The Balaban J connectivity index is 2.30. The van der Waals surface area contributed by atoms with Crippen molar-refractivity contribution in [2.75, 3.05) is 6.54 Å². The number of carbonyl (C=O) groups is 2. The molecule has 6 heteroatoms. The molecule has 0 aliphatic carbocycles. The quantitative estimate of drug-likeness (QED) is 0.927. The molecule has 1 unspecified atom stereocenters. The minimum atomic E-state index is -0.560. The van der Waals surface area contributed by atoms with Crippen LogP contribution in [0.15, 0.2) is 18.2 Å². The van der Waals surface area contributed by atoms with E-state index in [0.29, 0.717) is 5.56 Å². The molecule has 0 radical (unpaired) electrons. The first-order chi connectivity index (χ1) is 9.41. The number of rotatable bonds is 3. The Morgan fingerprint density at radius 1 is 1.45 bits per heavy atom. The Hall–Kier alpha value is -1.62. The monoisotopic (exact) mass is 298 g/mol. The second-order valence-corrected chi connectivity index (χ2v) is 5.52. The second kappa shape index (κ2) is 5.79. The molecule has 2 amide bonds. The van der Waals surface area contributed by atoms with Gasteiger partial charge in [0.1, 0.15) is 11.9 Å². The highest BCUT2D eigenvalue weighted by Crippen LogP contribution is 2.24. The normalized spacial score (nSPS) is 19.4. The first kappa shape index (κ1) is 14.8. The van der Waals surface area contributed by atoms with Gasteiger partial charge in [-0.3, -0.25) is 9.59 Å². The average molecular weight is 299 g/mol. The highest BCUT2D eigenvalue weighted by molar-refractivity contribution is 6.31. The Bertz CT molecular complexity index is 548. The number of carbonyl (C=O) groups excluding carboxylic acids is 2. The van der Waals surface area contributed by atoms with E-state index in [-0.39, 0.29) is 35.8 Å². The lowest BCUT2D eigenvalue weighted by atomic mass is 9.98. The van der Waals surface area contributed by atoms with Gasteiger partial charge in [0, 0.05) is 6.54 Å². The van der Waals surface area contributed by atoms with Crippen LogP contribution >= 0.6 is 11.6 Å². The lowest BCUT2D eigenvalue weighted by Gasteiger charge is -2.37. The summed E-state index contributed by atoms with van der Waals surface area (Å²) in [4.78, 5) is 25.4. The smallest absolute Gasteiger partial charge is 0.243 e. The number of hydrogen-bond acceptors (Lipinski definition) is 2. The molecule has 1 aliphatic rings. The lowest BCUT2D eigenvalue weighted by Crippen LogP contribution is -2.59. The molecule has 0 spiro atoms. The third kappa shape index (κ3) is 2.77. The standard InChI is InChI=1S/C14H16ClFN2O2/c1-8(2)13-14(20)17-6-11(19)18(13)7-9-4-3-5-10(16)12(9)15/h3-5,8,13H,6-7H2,1-2H3,(H,17,20). The third-order valence-corrected chi connectivity index (χ3v) is 3.77. The summed E-state index contributed by atoms with van der Waals surface area (Å²) >= 11 is 5.91. The fourth-order valence-electron chi connectivity index (χ4n) is 2.37. The van der Waals surface area contributed by atoms with Gasteiger partial charge in [-0.2, -0.15) is 0 Å². The molecule has 0 bridgehead atoms. The van der Waals surface area contributed by atoms with Gasteiger partial charge in [-0.25, -0.2) is 4.39 Å². The number of halogens is 2. The molecular formula is C14H16ClFN2O2. The molecule has 1 fully saturated rings. The SMILES string of the molecule is CC(C)C1C(=O)NCC(=O)N1Cc1cccc(F)c1Cl. The zero-order chi connectivity index (χ0) is 14.9. The summed E-state index contributed by atoms with van der Waals surface area (Å²) in [5, 5.41) is 2.56. The first-order valence-corrected chi connectivity index (χ1v) is 6.79. The van der Waals surface area contributed by atoms with E-state index in [1.807, 2.05) is 13.8 Å². The molecule has 20 heavy (non-hydrogen) atoms. The Kier molecular flexibility index (Phi) is 4.28. The molecular weight excluding hydrogens is 283 g/mol. The molecule has 4 nitrogen and oxygen atoms in total. The predicted octanol–water partition coefficient (Wildman–Crippen LogP) is 1.96. The van der Waals surface area contributed by atoms with Crippen molar-refractivity contribution in [2.45, 2.75) is 26.4 Å². The van der Waals surface area contributed by atoms with Gasteiger partial charge in [-0.05, 0) is 17.5 Å². The van der Waals surface area contributed by atoms with E-state index >= 15 is 0 Å². The summed E-state index contributed by atoms with van der Waals surface area (Å²) in [7, 11) is 0. The predicted molar refractivity (Wildman–Crippen MR) is 73.6 cm³/mol. The van der Waals surface area contributed by atoms with E-state index in [1.54, 1.807) is 6.07 Å². The molecule has 0 aromatic heterocycles. The number of benzene rings is 1. The van der Waals surface area contributed by atoms with Crippen LogP contribution in [-0.4, -0.2) is 29.3 Å². The van der Waals surface area contributed by atoms with Crippen LogP contribution in [0.4, 0.5) is 4.39 Å². The summed E-state index contributed by atoms with van der Waals surface area (Å²) in [5.74, 6) is -0.943. The number of nitrogens with one attached hydrogen (secondary N) is 1. The third-order valence-electron chi connectivity index (χ3n) is 3.34. The minimum Gasteiger partial charge on any atom is -0.345 e. The van der Waals surface area contributed by atoms with Crippen LogP contribution in [-0.2, 0) is 16.1 Å². The van der Waals surface area contributed by atoms with E-state index in [1.165, 1.54) is 17.0 Å². The fraction of sp³-hybridized carbons (Fsp3) is 0.429. The van der Waals surface area contributed by atoms with Gasteiger partial charge < -0.3 is 10.2 Å². The molecule has 2 rings (SSSR count). The molecule has 1 aliphatic heterocycles. The molecule has 1 aromatic carbocycles.